The Labute approximate surface area is 104 Å². The first kappa shape index (κ1) is 12.8. The van der Waals surface area contributed by atoms with E-state index >= 15 is 0 Å². The maximum absolute atomic E-state index is 11.7. The maximum atomic E-state index is 11.7. The van der Waals surface area contributed by atoms with E-state index in [1.54, 1.807) is 0 Å². The normalized spacial score (nSPS) is 25.8. The molecule has 0 aromatic rings. The van der Waals surface area contributed by atoms with Crippen molar-refractivity contribution in [2.45, 2.75) is 51.1 Å². The first-order chi connectivity index (χ1) is 8.31. The summed E-state index contributed by atoms with van der Waals surface area (Å²) in [7, 11) is 0. The molecule has 2 aliphatic rings. The molecule has 0 aromatic heterocycles. The first-order valence-electron chi connectivity index (χ1n) is 7.06. The molecule has 1 amide bonds. The minimum absolute atomic E-state index is 0.0374. The van der Waals surface area contributed by atoms with Crippen molar-refractivity contribution in [1.82, 2.24) is 15.5 Å². The molecule has 0 spiro atoms. The van der Waals surface area contributed by atoms with Crippen molar-refractivity contribution in [3.05, 3.63) is 0 Å². The number of hydrogen-bond donors (Lipinski definition) is 2. The minimum Gasteiger partial charge on any atom is -0.355 e. The lowest BCUT2D eigenvalue weighted by Crippen LogP contribution is -2.45. The van der Waals surface area contributed by atoms with Crippen molar-refractivity contribution in [3.63, 3.8) is 0 Å². The van der Waals surface area contributed by atoms with Crippen molar-refractivity contribution >= 4 is 5.91 Å². The van der Waals surface area contributed by atoms with Crippen LogP contribution in [0.4, 0.5) is 0 Å². The summed E-state index contributed by atoms with van der Waals surface area (Å²) in [5.74, 6) is 0.192. The fraction of sp³-hybridized carbons (Fsp3) is 0.923. The van der Waals surface area contributed by atoms with Crippen LogP contribution < -0.4 is 10.6 Å². The van der Waals surface area contributed by atoms with Crippen LogP contribution in [-0.4, -0.2) is 49.1 Å². The lowest BCUT2D eigenvalue weighted by atomic mass is 10.1. The fourth-order valence-corrected chi connectivity index (χ4v) is 2.56. The third-order valence-electron chi connectivity index (χ3n) is 3.79. The van der Waals surface area contributed by atoms with Crippen LogP contribution in [0.5, 0.6) is 0 Å². The largest absolute Gasteiger partial charge is 0.355 e. The van der Waals surface area contributed by atoms with E-state index in [1.165, 1.54) is 12.8 Å². The Balaban J connectivity index is 1.67. The Kier molecular flexibility index (Phi) is 4.80. The van der Waals surface area contributed by atoms with Gasteiger partial charge in [0, 0.05) is 25.7 Å². The highest BCUT2D eigenvalue weighted by Gasteiger charge is 2.27. The molecule has 2 N–H and O–H groups in total. The van der Waals surface area contributed by atoms with E-state index in [2.05, 4.69) is 22.5 Å². The second kappa shape index (κ2) is 6.36. The third-order valence-corrected chi connectivity index (χ3v) is 3.79. The standard InChI is InChI=1S/C13H25N3O/c1-2-16(11-6-7-11)10-9-14-12-5-3-4-8-15-13(12)17/h11-12,14H,2-10H2,1H3,(H,15,17). The van der Waals surface area contributed by atoms with Gasteiger partial charge in [-0.25, -0.2) is 0 Å². The number of nitrogens with zero attached hydrogens (tertiary/aromatic N) is 1. The summed E-state index contributed by atoms with van der Waals surface area (Å²) in [6, 6.07) is 0.861. The van der Waals surface area contributed by atoms with E-state index in [4.69, 9.17) is 0 Å². The number of nitrogens with one attached hydrogen (secondary N) is 2. The van der Waals surface area contributed by atoms with Crippen LogP contribution in [-0.2, 0) is 4.79 Å². The van der Waals surface area contributed by atoms with E-state index in [9.17, 15) is 4.79 Å². The molecule has 1 saturated carbocycles. The molecule has 1 saturated heterocycles. The highest BCUT2D eigenvalue weighted by molar-refractivity contribution is 5.81. The fourth-order valence-electron chi connectivity index (χ4n) is 2.56. The van der Waals surface area contributed by atoms with Gasteiger partial charge in [0.2, 0.25) is 5.91 Å². The molecule has 0 radical (unpaired) electrons. The second-order valence-corrected chi connectivity index (χ2v) is 5.15. The van der Waals surface area contributed by atoms with Gasteiger partial charge >= 0.3 is 0 Å². The van der Waals surface area contributed by atoms with Crippen LogP contribution in [0.25, 0.3) is 0 Å². The Morgan fingerprint density at radius 1 is 1.35 bits per heavy atom. The zero-order valence-electron chi connectivity index (χ0n) is 10.9. The summed E-state index contributed by atoms with van der Waals surface area (Å²) >= 11 is 0. The third kappa shape index (κ3) is 3.96. The van der Waals surface area contributed by atoms with Gasteiger partial charge in [-0.05, 0) is 38.6 Å². The molecule has 4 heteroatoms. The highest BCUT2D eigenvalue weighted by atomic mass is 16.2. The molecule has 0 aromatic carbocycles. The average Bonchev–Trinajstić information content (AvgIpc) is 3.14. The number of likely N-dealkylation sites (N-methyl/N-ethyl adjacent to an activating group) is 1. The Hall–Kier alpha value is -0.610. The molecule has 17 heavy (non-hydrogen) atoms. The predicted molar refractivity (Wildman–Crippen MR) is 68.9 cm³/mol. The first-order valence-corrected chi connectivity index (χ1v) is 7.06. The lowest BCUT2D eigenvalue weighted by molar-refractivity contribution is -0.122. The number of amides is 1. The number of hydrogen-bond acceptors (Lipinski definition) is 3. The average molecular weight is 239 g/mol. The molecule has 1 heterocycles. The molecule has 2 fully saturated rings. The molecular formula is C13H25N3O. The van der Waals surface area contributed by atoms with Gasteiger partial charge in [-0.1, -0.05) is 6.92 Å². The molecule has 98 valence electrons. The van der Waals surface area contributed by atoms with Crippen LogP contribution in [0.1, 0.15) is 39.0 Å². The number of carbonyl (C=O) groups is 1. The zero-order valence-corrected chi connectivity index (χ0v) is 10.9. The van der Waals surface area contributed by atoms with Gasteiger partial charge in [0.25, 0.3) is 0 Å². The van der Waals surface area contributed by atoms with E-state index in [0.717, 1.165) is 51.5 Å². The van der Waals surface area contributed by atoms with Gasteiger partial charge in [-0.2, -0.15) is 0 Å². The molecule has 0 bridgehead atoms. The van der Waals surface area contributed by atoms with Crippen LogP contribution in [0.3, 0.4) is 0 Å². The summed E-state index contributed by atoms with van der Waals surface area (Å²) in [6.45, 7) is 6.20. The van der Waals surface area contributed by atoms with Gasteiger partial charge in [0.1, 0.15) is 0 Å². The summed E-state index contributed by atoms with van der Waals surface area (Å²) in [5, 5.41) is 6.37. The Morgan fingerprint density at radius 3 is 2.88 bits per heavy atom. The topological polar surface area (TPSA) is 44.4 Å². The van der Waals surface area contributed by atoms with Crippen molar-refractivity contribution in [3.8, 4) is 0 Å². The van der Waals surface area contributed by atoms with Crippen LogP contribution >= 0.6 is 0 Å². The molecule has 2 rings (SSSR count). The molecule has 1 unspecified atom stereocenters. The van der Waals surface area contributed by atoms with E-state index in [0.29, 0.717) is 0 Å². The molecule has 4 nitrogen and oxygen atoms in total. The predicted octanol–water partition coefficient (Wildman–Crippen LogP) is 0.729. The van der Waals surface area contributed by atoms with Gasteiger partial charge in [-0.3, -0.25) is 9.69 Å². The molecular weight excluding hydrogens is 214 g/mol. The van der Waals surface area contributed by atoms with Crippen LogP contribution in [0.2, 0.25) is 0 Å². The van der Waals surface area contributed by atoms with Crippen molar-refractivity contribution in [2.75, 3.05) is 26.2 Å². The Bertz CT molecular complexity index is 253. The smallest absolute Gasteiger partial charge is 0.237 e. The van der Waals surface area contributed by atoms with Crippen molar-refractivity contribution in [2.24, 2.45) is 0 Å². The Morgan fingerprint density at radius 2 is 2.18 bits per heavy atom. The van der Waals surface area contributed by atoms with Crippen molar-refractivity contribution < 1.29 is 4.79 Å². The van der Waals surface area contributed by atoms with E-state index < -0.39 is 0 Å². The highest BCUT2D eigenvalue weighted by Crippen LogP contribution is 2.25. The second-order valence-electron chi connectivity index (χ2n) is 5.15. The summed E-state index contributed by atoms with van der Waals surface area (Å²) < 4.78 is 0. The lowest BCUT2D eigenvalue weighted by Gasteiger charge is -2.22. The van der Waals surface area contributed by atoms with Crippen LogP contribution in [0.15, 0.2) is 0 Å². The van der Waals surface area contributed by atoms with E-state index in [-0.39, 0.29) is 11.9 Å². The van der Waals surface area contributed by atoms with Crippen LogP contribution in [0, 0.1) is 0 Å². The van der Waals surface area contributed by atoms with E-state index in [1.807, 2.05) is 0 Å². The summed E-state index contributed by atoms with van der Waals surface area (Å²) in [6.07, 6.45) is 5.97. The minimum atomic E-state index is 0.0374. The monoisotopic (exact) mass is 239 g/mol. The molecule has 1 aliphatic heterocycles. The summed E-state index contributed by atoms with van der Waals surface area (Å²) in [5.41, 5.74) is 0. The van der Waals surface area contributed by atoms with Gasteiger partial charge in [0.05, 0.1) is 6.04 Å². The molecule has 1 atom stereocenters. The zero-order chi connectivity index (χ0) is 12.1. The van der Waals surface area contributed by atoms with Gasteiger partial charge in [0.15, 0.2) is 0 Å². The number of rotatable bonds is 6. The van der Waals surface area contributed by atoms with Crippen molar-refractivity contribution in [1.29, 1.82) is 0 Å². The summed E-state index contributed by atoms with van der Waals surface area (Å²) in [4.78, 5) is 14.2. The van der Waals surface area contributed by atoms with Gasteiger partial charge in [-0.15, -0.1) is 0 Å². The van der Waals surface area contributed by atoms with Gasteiger partial charge < -0.3 is 10.6 Å². The SMILES string of the molecule is CCN(CCNC1CCCCNC1=O)C1CC1. The quantitative estimate of drug-likeness (QED) is 0.718. The molecule has 1 aliphatic carbocycles. The number of carbonyl (C=O) groups excluding carboxylic acids is 1. The maximum Gasteiger partial charge on any atom is 0.237 e.